The zero-order valence-electron chi connectivity index (χ0n) is 23.2. The average Bonchev–Trinajstić information content (AvgIpc) is 3.29. The van der Waals surface area contributed by atoms with E-state index in [2.05, 4.69) is 17.4 Å². The number of fused-ring (bicyclic) bond motifs is 3. The molecule has 0 heterocycles. The number of benzene rings is 4. The molecule has 9 heteroatoms. The molecule has 1 atom stereocenters. The Morgan fingerprint density at radius 2 is 1.43 bits per heavy atom. The molecule has 0 radical (unpaired) electrons. The second-order valence-electron chi connectivity index (χ2n) is 10.2. The summed E-state index contributed by atoms with van der Waals surface area (Å²) < 4.78 is 41.7. The molecule has 0 saturated carbocycles. The van der Waals surface area contributed by atoms with E-state index in [0.717, 1.165) is 22.3 Å². The SMILES string of the molecule is CC(C)OC(=O)[C@H](Cc1cccc(OS(=O)(=O)c2ccccc2)c1)NC(=O)OCC1c2ccccc2-c2ccccc21. The number of carbonyl (C=O) groups is 2. The lowest BCUT2D eigenvalue weighted by Crippen LogP contribution is -2.44. The molecule has 8 nitrogen and oxygen atoms in total. The third-order valence-corrected chi connectivity index (χ3v) is 8.11. The molecule has 42 heavy (non-hydrogen) atoms. The van der Waals surface area contributed by atoms with Gasteiger partial charge in [0, 0.05) is 12.3 Å². The normalized spacial score (nSPS) is 13.1. The first-order chi connectivity index (χ1) is 20.2. The summed E-state index contributed by atoms with van der Waals surface area (Å²) in [7, 11) is -4.05. The van der Waals surface area contributed by atoms with E-state index in [1.54, 1.807) is 44.2 Å². The van der Waals surface area contributed by atoms with Crippen LogP contribution in [0.4, 0.5) is 4.79 Å². The van der Waals surface area contributed by atoms with Gasteiger partial charge in [0.05, 0.1) is 6.10 Å². The van der Waals surface area contributed by atoms with E-state index in [4.69, 9.17) is 13.7 Å². The third kappa shape index (κ3) is 6.63. The van der Waals surface area contributed by atoms with Gasteiger partial charge >= 0.3 is 22.2 Å². The summed E-state index contributed by atoms with van der Waals surface area (Å²) in [6, 6.07) is 29.1. The number of carbonyl (C=O) groups excluding carboxylic acids is 2. The van der Waals surface area contributed by atoms with Gasteiger partial charge in [0.25, 0.3) is 0 Å². The number of hydrogen-bond donors (Lipinski definition) is 1. The number of hydrogen-bond acceptors (Lipinski definition) is 7. The van der Waals surface area contributed by atoms with E-state index in [9.17, 15) is 18.0 Å². The Bertz CT molecular complexity index is 1640. The van der Waals surface area contributed by atoms with Gasteiger partial charge in [0.2, 0.25) is 0 Å². The summed E-state index contributed by atoms with van der Waals surface area (Å²) in [5.41, 5.74) is 4.92. The van der Waals surface area contributed by atoms with E-state index in [-0.39, 0.29) is 29.6 Å². The molecule has 1 aliphatic carbocycles. The maximum absolute atomic E-state index is 13.0. The molecule has 5 rings (SSSR count). The molecule has 0 bridgehead atoms. The van der Waals surface area contributed by atoms with Gasteiger partial charge in [0.15, 0.2) is 0 Å². The van der Waals surface area contributed by atoms with Gasteiger partial charge in [-0.15, -0.1) is 0 Å². The topological polar surface area (TPSA) is 108 Å². The zero-order chi connectivity index (χ0) is 29.7. The minimum Gasteiger partial charge on any atom is -0.461 e. The molecule has 0 aromatic heterocycles. The number of ether oxygens (including phenoxy) is 2. The van der Waals surface area contributed by atoms with E-state index in [0.29, 0.717) is 5.56 Å². The molecule has 4 aromatic carbocycles. The number of alkyl carbamates (subject to hydrolysis) is 1. The molecule has 0 aliphatic heterocycles. The standard InChI is InChI=1S/C33H31NO7S/c1-22(2)40-32(35)31(20-23-11-10-12-24(19-23)41-42(37,38)25-13-4-3-5-14-25)34-33(36)39-21-30-28-17-8-6-15-26(28)27-16-7-9-18-29(27)30/h3-19,22,30-31H,20-21H2,1-2H3,(H,34,36)/t31-/m0/s1. The quantitative estimate of drug-likeness (QED) is 0.184. The summed E-state index contributed by atoms with van der Waals surface area (Å²) in [6.45, 7) is 3.52. The van der Waals surface area contributed by atoms with Crippen molar-refractivity contribution in [3.63, 3.8) is 0 Å². The van der Waals surface area contributed by atoms with Crippen molar-refractivity contribution >= 4 is 22.2 Å². The Labute approximate surface area is 245 Å². The summed E-state index contributed by atoms with van der Waals surface area (Å²) >= 11 is 0. The fourth-order valence-electron chi connectivity index (χ4n) is 5.01. The van der Waals surface area contributed by atoms with Gasteiger partial charge < -0.3 is 19.0 Å². The first-order valence-corrected chi connectivity index (χ1v) is 15.0. The summed E-state index contributed by atoms with van der Waals surface area (Å²) in [5, 5.41) is 2.64. The lowest BCUT2D eigenvalue weighted by Gasteiger charge is -2.20. The van der Waals surface area contributed by atoms with Crippen LogP contribution in [0.1, 0.15) is 36.5 Å². The van der Waals surface area contributed by atoms with Crippen molar-refractivity contribution in [2.24, 2.45) is 0 Å². The number of nitrogens with one attached hydrogen (secondary N) is 1. The highest BCUT2D eigenvalue weighted by atomic mass is 32.2. The fraction of sp³-hybridized carbons (Fsp3) is 0.212. The van der Waals surface area contributed by atoms with Crippen LogP contribution in [0.2, 0.25) is 0 Å². The van der Waals surface area contributed by atoms with Crippen LogP contribution >= 0.6 is 0 Å². The van der Waals surface area contributed by atoms with Gasteiger partial charge in [-0.25, -0.2) is 9.59 Å². The number of amides is 1. The highest BCUT2D eigenvalue weighted by molar-refractivity contribution is 7.87. The maximum atomic E-state index is 13.0. The Morgan fingerprint density at radius 1 is 0.810 bits per heavy atom. The van der Waals surface area contributed by atoms with E-state index in [1.165, 1.54) is 24.3 Å². The predicted molar refractivity (Wildman–Crippen MR) is 158 cm³/mol. The lowest BCUT2D eigenvalue weighted by atomic mass is 9.98. The molecule has 1 amide bonds. The Kier molecular flexibility index (Phi) is 8.59. The number of rotatable bonds is 10. The van der Waals surface area contributed by atoms with Gasteiger partial charge in [-0.05, 0) is 65.9 Å². The molecule has 0 fully saturated rings. The second kappa shape index (κ2) is 12.5. The van der Waals surface area contributed by atoms with Crippen LogP contribution in [-0.2, 0) is 30.8 Å². The fourth-order valence-corrected chi connectivity index (χ4v) is 5.96. The second-order valence-corrected chi connectivity index (χ2v) is 11.8. The van der Waals surface area contributed by atoms with Gasteiger partial charge in [-0.3, -0.25) is 0 Å². The minimum absolute atomic E-state index is 0.0192. The Hall–Kier alpha value is -4.63. The van der Waals surface area contributed by atoms with Crippen LogP contribution < -0.4 is 9.50 Å². The van der Waals surface area contributed by atoms with E-state index < -0.39 is 34.3 Å². The number of esters is 1. The monoisotopic (exact) mass is 585 g/mol. The van der Waals surface area contributed by atoms with Crippen LogP contribution in [0, 0.1) is 0 Å². The first kappa shape index (κ1) is 28.9. The van der Waals surface area contributed by atoms with Crippen molar-refractivity contribution in [2.45, 2.75) is 43.2 Å². The third-order valence-electron chi connectivity index (χ3n) is 6.85. The van der Waals surface area contributed by atoms with Crippen molar-refractivity contribution < 1.29 is 31.7 Å². The van der Waals surface area contributed by atoms with E-state index >= 15 is 0 Å². The first-order valence-electron chi connectivity index (χ1n) is 13.6. The predicted octanol–water partition coefficient (Wildman–Crippen LogP) is 5.86. The molecule has 0 unspecified atom stereocenters. The Morgan fingerprint density at radius 3 is 2.07 bits per heavy atom. The Balaban J connectivity index is 1.28. The summed E-state index contributed by atoms with van der Waals surface area (Å²) in [6.07, 6.45) is -1.14. The molecule has 0 spiro atoms. The lowest BCUT2D eigenvalue weighted by molar-refractivity contribution is -0.149. The van der Waals surface area contributed by atoms with Crippen molar-refractivity contribution in [2.75, 3.05) is 6.61 Å². The van der Waals surface area contributed by atoms with Crippen molar-refractivity contribution in [3.8, 4) is 16.9 Å². The molecular formula is C33H31NO7S. The summed E-state index contributed by atoms with van der Waals surface area (Å²) in [4.78, 5) is 26.0. The molecule has 1 aliphatic rings. The van der Waals surface area contributed by atoms with Gasteiger partial charge in [-0.2, -0.15) is 8.42 Å². The van der Waals surface area contributed by atoms with Crippen LogP contribution in [0.25, 0.3) is 11.1 Å². The van der Waals surface area contributed by atoms with Gasteiger partial charge in [0.1, 0.15) is 23.3 Å². The highest BCUT2D eigenvalue weighted by Crippen LogP contribution is 2.44. The summed E-state index contributed by atoms with van der Waals surface area (Å²) in [5.74, 6) is -0.695. The van der Waals surface area contributed by atoms with Crippen LogP contribution in [0.5, 0.6) is 5.75 Å². The minimum atomic E-state index is -4.05. The molecule has 4 aromatic rings. The highest BCUT2D eigenvalue weighted by Gasteiger charge is 2.30. The average molecular weight is 586 g/mol. The molecule has 216 valence electrons. The van der Waals surface area contributed by atoms with Crippen molar-refractivity contribution in [1.29, 1.82) is 0 Å². The van der Waals surface area contributed by atoms with Crippen LogP contribution in [-0.4, -0.2) is 39.2 Å². The maximum Gasteiger partial charge on any atom is 0.407 e. The largest absolute Gasteiger partial charge is 0.461 e. The molecular weight excluding hydrogens is 554 g/mol. The van der Waals surface area contributed by atoms with Crippen LogP contribution in [0.3, 0.4) is 0 Å². The van der Waals surface area contributed by atoms with Crippen molar-refractivity contribution in [3.05, 3.63) is 120 Å². The molecule has 1 N–H and O–H groups in total. The zero-order valence-corrected chi connectivity index (χ0v) is 24.0. The van der Waals surface area contributed by atoms with Gasteiger partial charge in [-0.1, -0.05) is 78.9 Å². The van der Waals surface area contributed by atoms with E-state index in [1.807, 2.05) is 36.4 Å². The van der Waals surface area contributed by atoms with Crippen LogP contribution in [0.15, 0.2) is 108 Å². The van der Waals surface area contributed by atoms with Crippen molar-refractivity contribution in [1.82, 2.24) is 5.32 Å². The smallest absolute Gasteiger partial charge is 0.407 e. The molecule has 0 saturated heterocycles.